The fourth-order valence-corrected chi connectivity index (χ4v) is 2.81. The van der Waals surface area contributed by atoms with Crippen LogP contribution in [-0.2, 0) is 0 Å². The lowest BCUT2D eigenvalue weighted by atomic mass is 9.96. The second-order valence-electron chi connectivity index (χ2n) is 5.90. The van der Waals surface area contributed by atoms with Gasteiger partial charge in [0, 0.05) is 17.6 Å². The van der Waals surface area contributed by atoms with Crippen LogP contribution >= 0.6 is 0 Å². The molecule has 2 aromatic rings. The molecule has 3 heteroatoms. The first-order chi connectivity index (χ1) is 8.62. The number of benzene rings is 1. The molecule has 0 bridgehead atoms. The first-order valence-corrected chi connectivity index (χ1v) is 6.43. The molecule has 1 aromatic heterocycles. The minimum atomic E-state index is 0.240. The van der Waals surface area contributed by atoms with Gasteiger partial charge in [-0.15, -0.1) is 0 Å². The van der Waals surface area contributed by atoms with E-state index in [1.165, 1.54) is 17.4 Å². The standard InChI is InChI=1S/C15H19N3/c1-15(2)9-12(15)14(18-16)11-5-6-13-10(8-11)4-3-7-17-13/h3-8,12,14,18H,9,16H2,1-2H3. The molecule has 1 saturated carbocycles. The van der Waals surface area contributed by atoms with E-state index in [1.807, 2.05) is 12.3 Å². The first kappa shape index (κ1) is 11.6. The van der Waals surface area contributed by atoms with Gasteiger partial charge in [-0.1, -0.05) is 26.0 Å². The second kappa shape index (κ2) is 4.04. The minimum Gasteiger partial charge on any atom is -0.271 e. The van der Waals surface area contributed by atoms with Gasteiger partial charge in [-0.05, 0) is 41.5 Å². The van der Waals surface area contributed by atoms with Crippen molar-refractivity contribution in [3.63, 3.8) is 0 Å². The maximum Gasteiger partial charge on any atom is 0.0702 e. The van der Waals surface area contributed by atoms with Gasteiger partial charge >= 0.3 is 0 Å². The highest BCUT2D eigenvalue weighted by atomic mass is 15.2. The number of rotatable bonds is 3. The highest BCUT2D eigenvalue weighted by Gasteiger charge is 2.50. The van der Waals surface area contributed by atoms with E-state index in [2.05, 4.69) is 48.5 Å². The Hall–Kier alpha value is -1.45. The van der Waals surface area contributed by atoms with Crippen molar-refractivity contribution in [1.29, 1.82) is 0 Å². The summed E-state index contributed by atoms with van der Waals surface area (Å²) in [4.78, 5) is 4.34. The summed E-state index contributed by atoms with van der Waals surface area (Å²) in [6.45, 7) is 4.59. The Morgan fingerprint density at radius 2 is 2.17 bits per heavy atom. The number of nitrogens with two attached hydrogens (primary N) is 1. The van der Waals surface area contributed by atoms with Gasteiger partial charge in [-0.2, -0.15) is 0 Å². The molecule has 3 rings (SSSR count). The summed E-state index contributed by atoms with van der Waals surface area (Å²) in [5.74, 6) is 6.37. The van der Waals surface area contributed by atoms with E-state index >= 15 is 0 Å². The molecule has 1 aliphatic rings. The minimum absolute atomic E-state index is 0.240. The Kier molecular flexibility index (Phi) is 2.61. The van der Waals surface area contributed by atoms with Crippen LogP contribution in [-0.4, -0.2) is 4.98 Å². The van der Waals surface area contributed by atoms with Crippen molar-refractivity contribution >= 4 is 10.9 Å². The van der Waals surface area contributed by atoms with Crippen molar-refractivity contribution in [2.75, 3.05) is 0 Å². The predicted octanol–water partition coefficient (Wildman–Crippen LogP) is 2.79. The quantitative estimate of drug-likeness (QED) is 0.641. The third kappa shape index (κ3) is 1.89. The molecule has 3 nitrogen and oxygen atoms in total. The fourth-order valence-electron chi connectivity index (χ4n) is 2.81. The molecule has 1 heterocycles. The van der Waals surface area contributed by atoms with Gasteiger partial charge in [0.1, 0.15) is 0 Å². The molecule has 0 saturated heterocycles. The van der Waals surface area contributed by atoms with Crippen LogP contribution in [0.2, 0.25) is 0 Å². The topological polar surface area (TPSA) is 50.9 Å². The van der Waals surface area contributed by atoms with E-state index in [1.54, 1.807) is 0 Å². The lowest BCUT2D eigenvalue weighted by molar-refractivity contribution is 0.423. The third-order valence-corrected chi connectivity index (χ3v) is 4.16. The number of aromatic nitrogens is 1. The van der Waals surface area contributed by atoms with Crippen LogP contribution in [0.1, 0.15) is 31.9 Å². The largest absolute Gasteiger partial charge is 0.271 e. The molecule has 0 spiro atoms. The molecular formula is C15H19N3. The Balaban J connectivity index is 1.98. The maximum absolute atomic E-state index is 5.75. The number of hydrogen-bond donors (Lipinski definition) is 2. The molecule has 2 unspecified atom stereocenters. The summed E-state index contributed by atoms with van der Waals surface area (Å²) in [7, 11) is 0. The van der Waals surface area contributed by atoms with E-state index in [-0.39, 0.29) is 6.04 Å². The van der Waals surface area contributed by atoms with Gasteiger partial charge in [-0.3, -0.25) is 16.3 Å². The zero-order valence-corrected chi connectivity index (χ0v) is 10.9. The highest BCUT2D eigenvalue weighted by molar-refractivity contribution is 5.79. The van der Waals surface area contributed by atoms with E-state index in [4.69, 9.17) is 5.84 Å². The smallest absolute Gasteiger partial charge is 0.0702 e. The lowest BCUT2D eigenvalue weighted by Crippen LogP contribution is -2.30. The number of pyridine rings is 1. The van der Waals surface area contributed by atoms with Crippen molar-refractivity contribution in [1.82, 2.24) is 10.4 Å². The normalized spacial score (nSPS) is 22.9. The predicted molar refractivity (Wildman–Crippen MR) is 73.7 cm³/mol. The summed E-state index contributed by atoms with van der Waals surface area (Å²) >= 11 is 0. The van der Waals surface area contributed by atoms with Crippen LogP contribution in [0, 0.1) is 11.3 Å². The van der Waals surface area contributed by atoms with Crippen molar-refractivity contribution in [3.05, 3.63) is 42.1 Å². The Labute approximate surface area is 107 Å². The molecule has 1 aromatic carbocycles. The average Bonchev–Trinajstić information content (AvgIpc) is 2.99. The fraction of sp³-hybridized carbons (Fsp3) is 0.400. The number of nitrogens with zero attached hydrogens (tertiary/aromatic N) is 1. The summed E-state index contributed by atoms with van der Waals surface area (Å²) in [6, 6.07) is 10.7. The van der Waals surface area contributed by atoms with E-state index in [0.717, 1.165) is 5.52 Å². The Morgan fingerprint density at radius 1 is 1.39 bits per heavy atom. The van der Waals surface area contributed by atoms with Crippen molar-refractivity contribution in [2.24, 2.45) is 17.2 Å². The molecule has 0 amide bonds. The average molecular weight is 241 g/mol. The van der Waals surface area contributed by atoms with Crippen molar-refractivity contribution in [2.45, 2.75) is 26.3 Å². The van der Waals surface area contributed by atoms with Crippen LogP contribution in [0.3, 0.4) is 0 Å². The van der Waals surface area contributed by atoms with Gasteiger partial charge < -0.3 is 0 Å². The van der Waals surface area contributed by atoms with Crippen molar-refractivity contribution < 1.29 is 0 Å². The van der Waals surface area contributed by atoms with E-state index in [9.17, 15) is 0 Å². The number of fused-ring (bicyclic) bond motifs is 1. The molecule has 0 aliphatic heterocycles. The van der Waals surface area contributed by atoms with Crippen LogP contribution in [0.5, 0.6) is 0 Å². The molecular weight excluding hydrogens is 222 g/mol. The zero-order valence-electron chi connectivity index (χ0n) is 10.9. The number of nitrogens with one attached hydrogen (secondary N) is 1. The lowest BCUT2D eigenvalue weighted by Gasteiger charge is -2.18. The monoisotopic (exact) mass is 241 g/mol. The first-order valence-electron chi connectivity index (χ1n) is 6.43. The summed E-state index contributed by atoms with van der Waals surface area (Å²) in [5.41, 5.74) is 5.68. The molecule has 0 radical (unpaired) electrons. The van der Waals surface area contributed by atoms with Gasteiger partial charge in [0.05, 0.1) is 5.52 Å². The van der Waals surface area contributed by atoms with Gasteiger partial charge in [0.15, 0.2) is 0 Å². The molecule has 1 aliphatic carbocycles. The second-order valence-corrected chi connectivity index (χ2v) is 5.90. The van der Waals surface area contributed by atoms with Crippen molar-refractivity contribution in [3.8, 4) is 0 Å². The summed E-state index contributed by atoms with van der Waals surface area (Å²) < 4.78 is 0. The highest BCUT2D eigenvalue weighted by Crippen LogP contribution is 2.57. The SMILES string of the molecule is CC1(C)CC1C(NN)c1ccc2ncccc2c1. The maximum atomic E-state index is 5.75. The van der Waals surface area contributed by atoms with E-state index < -0.39 is 0 Å². The number of hydrazine groups is 1. The third-order valence-electron chi connectivity index (χ3n) is 4.16. The van der Waals surface area contributed by atoms with Gasteiger partial charge in [0.25, 0.3) is 0 Å². The molecule has 18 heavy (non-hydrogen) atoms. The Bertz CT molecular complexity index is 577. The molecule has 94 valence electrons. The van der Waals surface area contributed by atoms with Crippen LogP contribution < -0.4 is 11.3 Å². The van der Waals surface area contributed by atoms with Gasteiger partial charge in [0.2, 0.25) is 0 Å². The van der Waals surface area contributed by atoms with Crippen LogP contribution in [0.25, 0.3) is 10.9 Å². The number of hydrogen-bond acceptors (Lipinski definition) is 3. The zero-order chi connectivity index (χ0) is 12.8. The van der Waals surface area contributed by atoms with Crippen LogP contribution in [0.4, 0.5) is 0 Å². The van der Waals surface area contributed by atoms with Gasteiger partial charge in [-0.25, -0.2) is 0 Å². The summed E-state index contributed by atoms with van der Waals surface area (Å²) in [6.07, 6.45) is 3.05. The van der Waals surface area contributed by atoms with E-state index in [0.29, 0.717) is 11.3 Å². The molecule has 2 atom stereocenters. The van der Waals surface area contributed by atoms with Crippen LogP contribution in [0.15, 0.2) is 36.5 Å². The summed E-state index contributed by atoms with van der Waals surface area (Å²) in [5, 5.41) is 1.17. The Morgan fingerprint density at radius 3 is 2.83 bits per heavy atom. The molecule has 3 N–H and O–H groups in total. The molecule has 1 fully saturated rings.